The summed E-state index contributed by atoms with van der Waals surface area (Å²) in [6, 6.07) is 0. The Morgan fingerprint density at radius 3 is 0.500 bits per heavy atom. The van der Waals surface area contributed by atoms with E-state index < -0.39 is 26.3 Å². The van der Waals surface area contributed by atoms with E-state index >= 15 is 0 Å². The van der Waals surface area contributed by atoms with Gasteiger partial charge in [0.2, 0.25) is 15.2 Å². The van der Waals surface area contributed by atoms with E-state index in [1.807, 2.05) is 0 Å². The number of hydrogen-bond acceptors (Lipinski definition) is 0. The maximum Gasteiger partial charge on any atom is 0.216 e. The molecular weight excluding hydrogens is 498 g/mol. The van der Waals surface area contributed by atoms with Crippen LogP contribution in [0.1, 0.15) is 0 Å². The monoisotopic (exact) mass is 492 g/mol. The average molecular weight is 498 g/mol. The molecule has 0 saturated carbocycles. The molecule has 0 aliphatic carbocycles. The zero-order valence-corrected chi connectivity index (χ0v) is 16.6. The minimum atomic E-state index is -2.27. The highest BCUT2D eigenvalue weighted by molar-refractivity contribution is 6.79. The summed E-state index contributed by atoms with van der Waals surface area (Å²) in [5.41, 5.74) is -1.16. The van der Waals surface area contributed by atoms with Crippen molar-refractivity contribution in [3.05, 3.63) is 11.1 Å². The van der Waals surface area contributed by atoms with Crippen molar-refractivity contribution in [1.82, 2.24) is 0 Å². The summed E-state index contributed by atoms with van der Waals surface area (Å²) >= 11 is 67.9. The number of hydrogen-bond donors (Lipinski definition) is 0. The molecule has 0 fully saturated rings. The molecule has 0 atom stereocenters. The van der Waals surface area contributed by atoms with Gasteiger partial charge in [-0.3, -0.25) is 0 Å². The van der Waals surface area contributed by atoms with Crippen LogP contribution in [0.3, 0.4) is 0 Å². The lowest BCUT2D eigenvalue weighted by Gasteiger charge is -2.32. The Labute approximate surface area is 164 Å². The first kappa shape index (κ1) is 21.2. The largest absolute Gasteiger partial charge is 0.216 e. The summed E-state index contributed by atoms with van der Waals surface area (Å²) in [5.74, 6) is 0. The summed E-state index contributed by atoms with van der Waals surface area (Å²) < 4.78 is -9.08. The molecule has 0 heterocycles. The van der Waals surface area contributed by atoms with Crippen molar-refractivity contribution in [1.29, 1.82) is 0 Å². The Bertz CT molecular complexity index is 264. The molecule has 0 unspecified atom stereocenters. The fourth-order valence-electron chi connectivity index (χ4n) is 0.888. The molecule has 0 aromatic heterocycles. The first-order valence-electron chi connectivity index (χ1n) is 3.52. The van der Waals surface area contributed by atoms with Crippen LogP contribution in [0.25, 0.3) is 0 Å². The van der Waals surface area contributed by atoms with Crippen LogP contribution in [-0.4, -0.2) is 15.2 Å². The smallest absolute Gasteiger partial charge is 0.0786 e. The molecule has 0 saturated heterocycles. The number of halogens is 12. The van der Waals surface area contributed by atoms with Crippen molar-refractivity contribution in [3.63, 3.8) is 0 Å². The van der Waals surface area contributed by atoms with Gasteiger partial charge in [0.1, 0.15) is 0 Å². The summed E-state index contributed by atoms with van der Waals surface area (Å²) in [7, 11) is 0. The van der Waals surface area contributed by atoms with Crippen molar-refractivity contribution < 1.29 is 0 Å². The Hall–Kier alpha value is 3.22. The minimum absolute atomic E-state index is 0.579. The first-order valence-corrected chi connectivity index (χ1v) is 8.05. The van der Waals surface area contributed by atoms with Crippen LogP contribution in [0.2, 0.25) is 0 Å². The third kappa shape index (κ3) is 6.55. The molecular formula is C6Cl12. The van der Waals surface area contributed by atoms with Gasteiger partial charge < -0.3 is 0 Å². The first-order chi connectivity index (χ1) is 7.49. The third-order valence-electron chi connectivity index (χ3n) is 1.38. The molecule has 0 rings (SSSR count). The van der Waals surface area contributed by atoms with Crippen molar-refractivity contribution in [2.75, 3.05) is 0 Å². The molecule has 108 valence electrons. The molecule has 0 aromatic carbocycles. The number of allylic oxidation sites excluding steroid dienone is 2. The maximum absolute atomic E-state index is 5.66. The molecule has 0 aliphatic rings. The van der Waals surface area contributed by atoms with Crippen LogP contribution >= 0.6 is 139 Å². The topological polar surface area (TPSA) is 0 Å². The predicted molar refractivity (Wildman–Crippen MR) is 88.2 cm³/mol. The third-order valence-corrected chi connectivity index (χ3v) is 3.65. The summed E-state index contributed by atoms with van der Waals surface area (Å²) in [4.78, 5) is 0. The van der Waals surface area contributed by atoms with Gasteiger partial charge in [0.25, 0.3) is 0 Å². The normalized spacial score (nSPS) is 14.7. The van der Waals surface area contributed by atoms with Crippen LogP contribution in [0, 0.1) is 0 Å². The Morgan fingerprint density at radius 1 is 0.333 bits per heavy atom. The van der Waals surface area contributed by atoms with Crippen LogP contribution in [-0.2, 0) is 0 Å². The van der Waals surface area contributed by atoms with Crippen molar-refractivity contribution in [2.45, 2.75) is 15.2 Å². The second kappa shape index (κ2) is 6.77. The van der Waals surface area contributed by atoms with Gasteiger partial charge in [-0.05, 0) is 0 Å². The van der Waals surface area contributed by atoms with Crippen LogP contribution < -0.4 is 0 Å². The van der Waals surface area contributed by atoms with Gasteiger partial charge in [-0.2, -0.15) is 0 Å². The van der Waals surface area contributed by atoms with Gasteiger partial charge in [-0.1, -0.05) is 139 Å². The van der Waals surface area contributed by atoms with Gasteiger partial charge in [0.15, 0.2) is 0 Å². The molecule has 0 amide bonds. The quantitative estimate of drug-likeness (QED) is 0.237. The Balaban J connectivity index is 6.44. The lowest BCUT2D eigenvalue weighted by molar-refractivity contribution is 1.00. The van der Waals surface area contributed by atoms with E-state index in [1.54, 1.807) is 0 Å². The van der Waals surface area contributed by atoms with E-state index in [0.717, 1.165) is 0 Å². The fourth-order valence-corrected chi connectivity index (χ4v) is 4.59. The molecule has 0 N–H and O–H groups in total. The second-order valence-electron chi connectivity index (χ2n) is 2.74. The molecule has 12 heteroatoms. The standard InChI is InChI=1S/C6Cl12/c7-3(8,9)1(4(10,11)12)2(5(13,14)15)6(16,17)18. The molecule has 0 spiro atoms. The zero-order chi connectivity index (χ0) is 15.2. The highest BCUT2D eigenvalue weighted by Gasteiger charge is 2.52. The number of alkyl halides is 12. The van der Waals surface area contributed by atoms with E-state index in [1.165, 1.54) is 0 Å². The minimum Gasteiger partial charge on any atom is -0.0786 e. The number of rotatable bonds is 0. The zero-order valence-electron chi connectivity index (χ0n) is 7.54. The molecule has 0 nitrogen and oxygen atoms in total. The predicted octanol–water partition coefficient (Wildman–Crippen LogP) is 7.76. The lowest BCUT2D eigenvalue weighted by atomic mass is 10.2. The second-order valence-corrected chi connectivity index (χ2v) is 11.9. The van der Waals surface area contributed by atoms with Gasteiger partial charge >= 0.3 is 0 Å². The summed E-state index contributed by atoms with van der Waals surface area (Å²) in [6.07, 6.45) is 0. The molecule has 0 bridgehead atoms. The van der Waals surface area contributed by atoms with Gasteiger partial charge in [-0.25, -0.2) is 0 Å². The molecule has 0 aliphatic heterocycles. The highest BCUT2D eigenvalue weighted by atomic mass is 35.6. The molecule has 0 radical (unpaired) electrons. The van der Waals surface area contributed by atoms with Crippen LogP contribution in [0.15, 0.2) is 11.1 Å². The van der Waals surface area contributed by atoms with Crippen molar-refractivity contribution in [3.8, 4) is 0 Å². The van der Waals surface area contributed by atoms with E-state index in [2.05, 4.69) is 0 Å². The van der Waals surface area contributed by atoms with Crippen molar-refractivity contribution >= 4 is 139 Å². The fraction of sp³-hybridized carbons (Fsp3) is 0.667. The van der Waals surface area contributed by atoms with Gasteiger partial charge in [0, 0.05) is 11.1 Å². The van der Waals surface area contributed by atoms with Gasteiger partial charge in [0.05, 0.1) is 0 Å². The van der Waals surface area contributed by atoms with E-state index in [-0.39, 0.29) is 0 Å². The van der Waals surface area contributed by atoms with Gasteiger partial charge in [-0.15, -0.1) is 0 Å². The summed E-state index contributed by atoms with van der Waals surface area (Å²) in [5, 5.41) is 0. The lowest BCUT2D eigenvalue weighted by Crippen LogP contribution is -2.33. The van der Waals surface area contributed by atoms with E-state index in [0.29, 0.717) is 0 Å². The Kier molecular flexibility index (Phi) is 7.98. The van der Waals surface area contributed by atoms with Crippen molar-refractivity contribution in [2.24, 2.45) is 0 Å². The summed E-state index contributed by atoms with van der Waals surface area (Å²) in [6.45, 7) is 0. The maximum atomic E-state index is 5.66. The van der Waals surface area contributed by atoms with E-state index in [9.17, 15) is 0 Å². The highest BCUT2D eigenvalue weighted by Crippen LogP contribution is 2.58. The molecule has 0 aromatic rings. The SMILES string of the molecule is ClC(Cl)(Cl)C(=C(C(Cl)(Cl)Cl)C(Cl)(Cl)Cl)C(Cl)(Cl)Cl. The molecule has 18 heavy (non-hydrogen) atoms. The van der Waals surface area contributed by atoms with E-state index in [4.69, 9.17) is 139 Å². The average Bonchev–Trinajstić information content (AvgIpc) is 1.89. The Morgan fingerprint density at radius 2 is 0.444 bits per heavy atom. The van der Waals surface area contributed by atoms with Crippen LogP contribution in [0.5, 0.6) is 0 Å². The van der Waals surface area contributed by atoms with Crippen LogP contribution in [0.4, 0.5) is 0 Å².